The summed E-state index contributed by atoms with van der Waals surface area (Å²) in [5.74, 6) is 1.24. The molecule has 0 fully saturated rings. The van der Waals surface area contributed by atoms with E-state index < -0.39 is 16.8 Å². The molecule has 4 nitrogen and oxygen atoms in total. The number of hydrogen-bond acceptors (Lipinski definition) is 3. The first kappa shape index (κ1) is 15.7. The lowest BCUT2D eigenvalue weighted by Crippen LogP contribution is -2.12. The molecule has 0 heterocycles. The number of benzene rings is 1. The molecule has 0 aliphatic heterocycles. The SMILES string of the molecule is CC(C)CCS(=O)CCOc1cccc(C(=O)O)c1. The van der Waals surface area contributed by atoms with Gasteiger partial charge in [-0.05, 0) is 30.5 Å². The van der Waals surface area contributed by atoms with Crippen molar-refractivity contribution in [3.05, 3.63) is 29.8 Å². The van der Waals surface area contributed by atoms with Crippen LogP contribution in [-0.2, 0) is 10.8 Å². The Morgan fingerprint density at radius 1 is 1.37 bits per heavy atom. The number of ether oxygens (including phenoxy) is 1. The highest BCUT2D eigenvalue weighted by Crippen LogP contribution is 2.13. The fraction of sp³-hybridized carbons (Fsp3) is 0.500. The third-order valence-corrected chi connectivity index (χ3v) is 3.90. The van der Waals surface area contributed by atoms with E-state index in [0.717, 1.165) is 6.42 Å². The Balaban J connectivity index is 2.35. The Bertz CT molecular complexity index is 443. The van der Waals surface area contributed by atoms with Gasteiger partial charge >= 0.3 is 5.97 Å². The van der Waals surface area contributed by atoms with Crippen molar-refractivity contribution in [1.82, 2.24) is 0 Å². The fourth-order valence-electron chi connectivity index (χ4n) is 1.44. The normalized spacial score (nSPS) is 12.4. The van der Waals surface area contributed by atoms with Gasteiger partial charge in [0.1, 0.15) is 5.75 Å². The monoisotopic (exact) mass is 284 g/mol. The number of aromatic carboxylic acids is 1. The lowest BCUT2D eigenvalue weighted by molar-refractivity contribution is 0.0696. The Morgan fingerprint density at radius 2 is 2.11 bits per heavy atom. The minimum Gasteiger partial charge on any atom is -0.493 e. The molecule has 0 saturated heterocycles. The van der Waals surface area contributed by atoms with Crippen LogP contribution >= 0.6 is 0 Å². The predicted octanol–water partition coefficient (Wildman–Crippen LogP) is 2.56. The summed E-state index contributed by atoms with van der Waals surface area (Å²) in [5.41, 5.74) is 0.193. The lowest BCUT2D eigenvalue weighted by atomic mass is 10.2. The molecule has 0 aliphatic rings. The standard InChI is InChI=1S/C14H20O4S/c1-11(2)6-8-19(17)9-7-18-13-5-3-4-12(10-13)14(15)16/h3-5,10-11H,6-9H2,1-2H3,(H,15,16). The highest BCUT2D eigenvalue weighted by Gasteiger charge is 2.05. The second-order valence-corrected chi connectivity index (χ2v) is 6.41. The van der Waals surface area contributed by atoms with Gasteiger partial charge in [0.15, 0.2) is 0 Å². The molecule has 19 heavy (non-hydrogen) atoms. The van der Waals surface area contributed by atoms with Crippen LogP contribution in [0, 0.1) is 5.92 Å². The quantitative estimate of drug-likeness (QED) is 0.797. The van der Waals surface area contributed by atoms with E-state index in [1.165, 1.54) is 12.1 Å². The van der Waals surface area contributed by atoms with Crippen molar-refractivity contribution in [2.45, 2.75) is 20.3 Å². The number of carboxylic acid groups (broad SMARTS) is 1. The first-order chi connectivity index (χ1) is 8.99. The zero-order valence-electron chi connectivity index (χ0n) is 11.3. The highest BCUT2D eigenvalue weighted by atomic mass is 32.2. The molecule has 0 saturated carbocycles. The summed E-state index contributed by atoms with van der Waals surface area (Å²) in [6.45, 7) is 4.55. The molecule has 1 atom stereocenters. The topological polar surface area (TPSA) is 63.6 Å². The van der Waals surface area contributed by atoms with Gasteiger partial charge in [-0.2, -0.15) is 0 Å². The maximum atomic E-state index is 11.6. The van der Waals surface area contributed by atoms with E-state index >= 15 is 0 Å². The van der Waals surface area contributed by atoms with Gasteiger partial charge in [0, 0.05) is 16.6 Å². The van der Waals surface area contributed by atoms with Crippen molar-refractivity contribution in [2.75, 3.05) is 18.1 Å². The van der Waals surface area contributed by atoms with Crippen LogP contribution in [0.25, 0.3) is 0 Å². The molecule has 0 spiro atoms. The highest BCUT2D eigenvalue weighted by molar-refractivity contribution is 7.84. The average Bonchev–Trinajstić information content (AvgIpc) is 2.36. The van der Waals surface area contributed by atoms with E-state index in [0.29, 0.717) is 29.8 Å². The molecule has 0 bridgehead atoms. The molecular weight excluding hydrogens is 264 g/mol. The van der Waals surface area contributed by atoms with Crippen LogP contribution in [0.1, 0.15) is 30.6 Å². The van der Waals surface area contributed by atoms with Crippen LogP contribution in [0.3, 0.4) is 0 Å². The molecule has 106 valence electrons. The first-order valence-corrected chi connectivity index (χ1v) is 7.79. The summed E-state index contributed by atoms with van der Waals surface area (Å²) in [7, 11) is -0.870. The summed E-state index contributed by atoms with van der Waals surface area (Å²) in [6, 6.07) is 6.31. The van der Waals surface area contributed by atoms with E-state index in [4.69, 9.17) is 9.84 Å². The molecule has 0 amide bonds. The smallest absolute Gasteiger partial charge is 0.335 e. The van der Waals surface area contributed by atoms with Crippen molar-refractivity contribution < 1.29 is 18.8 Å². The molecule has 1 unspecified atom stereocenters. The third-order valence-electron chi connectivity index (χ3n) is 2.58. The van der Waals surface area contributed by atoms with E-state index in [2.05, 4.69) is 13.8 Å². The van der Waals surface area contributed by atoms with Crippen LogP contribution in [0.4, 0.5) is 0 Å². The zero-order chi connectivity index (χ0) is 14.3. The van der Waals surface area contributed by atoms with Crippen LogP contribution in [0.2, 0.25) is 0 Å². The van der Waals surface area contributed by atoms with E-state index in [-0.39, 0.29) is 5.56 Å². The van der Waals surface area contributed by atoms with Crippen molar-refractivity contribution in [2.24, 2.45) is 5.92 Å². The molecule has 5 heteroatoms. The second kappa shape index (κ2) is 7.94. The van der Waals surface area contributed by atoms with Gasteiger partial charge in [-0.3, -0.25) is 4.21 Å². The maximum Gasteiger partial charge on any atom is 0.335 e. The number of hydrogen-bond donors (Lipinski definition) is 1. The third kappa shape index (κ3) is 6.38. The second-order valence-electron chi connectivity index (χ2n) is 4.71. The molecule has 0 aliphatic carbocycles. The Kier molecular flexibility index (Phi) is 6.56. The molecule has 0 radical (unpaired) electrons. The largest absolute Gasteiger partial charge is 0.493 e. The van der Waals surface area contributed by atoms with Gasteiger partial charge in [0.2, 0.25) is 0 Å². The Hall–Kier alpha value is -1.36. The van der Waals surface area contributed by atoms with Crippen molar-refractivity contribution in [3.63, 3.8) is 0 Å². The first-order valence-electron chi connectivity index (χ1n) is 6.30. The van der Waals surface area contributed by atoms with Crippen molar-refractivity contribution >= 4 is 16.8 Å². The van der Waals surface area contributed by atoms with Crippen LogP contribution in [-0.4, -0.2) is 33.4 Å². The molecular formula is C14H20O4S. The lowest BCUT2D eigenvalue weighted by Gasteiger charge is -2.07. The zero-order valence-corrected chi connectivity index (χ0v) is 12.1. The van der Waals surface area contributed by atoms with Gasteiger partial charge in [-0.15, -0.1) is 0 Å². The van der Waals surface area contributed by atoms with Crippen LogP contribution in [0.5, 0.6) is 5.75 Å². The van der Waals surface area contributed by atoms with Gasteiger partial charge < -0.3 is 9.84 Å². The van der Waals surface area contributed by atoms with Crippen molar-refractivity contribution in [1.29, 1.82) is 0 Å². The number of rotatable bonds is 8. The van der Waals surface area contributed by atoms with Gasteiger partial charge in [0.25, 0.3) is 0 Å². The fourth-order valence-corrected chi connectivity index (χ4v) is 2.65. The predicted molar refractivity (Wildman–Crippen MR) is 76.2 cm³/mol. The Labute approximate surface area is 116 Å². The van der Waals surface area contributed by atoms with E-state index in [1.807, 2.05) is 0 Å². The molecule has 0 aromatic heterocycles. The molecule has 1 aromatic carbocycles. The molecule has 1 rings (SSSR count). The minimum atomic E-state index is -0.981. The summed E-state index contributed by atoms with van der Waals surface area (Å²) in [6.07, 6.45) is 0.946. The van der Waals surface area contributed by atoms with E-state index in [9.17, 15) is 9.00 Å². The van der Waals surface area contributed by atoms with Crippen molar-refractivity contribution in [3.8, 4) is 5.75 Å². The molecule has 1 aromatic rings. The summed E-state index contributed by atoms with van der Waals surface area (Å²) in [5, 5.41) is 8.84. The summed E-state index contributed by atoms with van der Waals surface area (Å²) in [4.78, 5) is 10.8. The molecule has 1 N–H and O–H groups in total. The maximum absolute atomic E-state index is 11.6. The summed E-state index contributed by atoms with van der Waals surface area (Å²) < 4.78 is 17.1. The number of carbonyl (C=O) groups is 1. The minimum absolute atomic E-state index is 0.193. The van der Waals surface area contributed by atoms with Gasteiger partial charge in [-0.1, -0.05) is 19.9 Å². The number of carboxylic acids is 1. The summed E-state index contributed by atoms with van der Waals surface area (Å²) >= 11 is 0. The van der Waals surface area contributed by atoms with Gasteiger partial charge in [-0.25, -0.2) is 4.79 Å². The van der Waals surface area contributed by atoms with Gasteiger partial charge in [0.05, 0.1) is 17.9 Å². The Morgan fingerprint density at radius 3 is 2.74 bits per heavy atom. The van der Waals surface area contributed by atoms with Crippen LogP contribution in [0.15, 0.2) is 24.3 Å². The average molecular weight is 284 g/mol. The van der Waals surface area contributed by atoms with Crippen LogP contribution < -0.4 is 4.74 Å². The van der Waals surface area contributed by atoms with E-state index in [1.54, 1.807) is 12.1 Å².